The summed E-state index contributed by atoms with van der Waals surface area (Å²) in [4.78, 5) is 79.4. The van der Waals surface area contributed by atoms with Gasteiger partial charge in [0, 0.05) is 11.1 Å². The van der Waals surface area contributed by atoms with Crippen LogP contribution in [0.4, 0.5) is 0 Å². The van der Waals surface area contributed by atoms with Gasteiger partial charge in [-0.25, -0.2) is 0 Å². The molecule has 4 atom stereocenters. The fraction of sp³-hybridized carbons (Fsp3) is 0.370. The molecule has 0 spiro atoms. The van der Waals surface area contributed by atoms with Crippen LogP contribution in [-0.2, 0) is 38.1 Å². The van der Waals surface area contributed by atoms with Crippen molar-refractivity contribution in [3.05, 3.63) is 144 Å². The fourth-order valence-corrected chi connectivity index (χ4v) is 7.44. The molecule has 4 aromatic carbocycles. The van der Waals surface area contributed by atoms with E-state index in [1.54, 1.807) is 102 Å². The summed E-state index contributed by atoms with van der Waals surface area (Å²) in [5, 5.41) is 0. The average molecular weight is 901 g/mol. The lowest BCUT2D eigenvalue weighted by Crippen LogP contribution is -2.46. The van der Waals surface area contributed by atoms with Crippen molar-refractivity contribution in [3.8, 4) is 11.5 Å². The van der Waals surface area contributed by atoms with E-state index in [1.807, 2.05) is 74.5 Å². The highest BCUT2D eigenvalue weighted by Gasteiger charge is 2.46. The van der Waals surface area contributed by atoms with E-state index >= 15 is 0 Å². The van der Waals surface area contributed by atoms with Gasteiger partial charge < -0.3 is 28.4 Å². The Bertz CT molecular complexity index is 2370. The molecule has 12 nitrogen and oxygen atoms in total. The van der Waals surface area contributed by atoms with Crippen LogP contribution in [0.3, 0.4) is 0 Å². The van der Waals surface area contributed by atoms with Gasteiger partial charge in [0.2, 0.25) is 12.6 Å². The molecular formula is C54H60O12. The predicted molar refractivity (Wildman–Crippen MR) is 249 cm³/mol. The molecule has 5 rings (SSSR count). The van der Waals surface area contributed by atoms with Crippen LogP contribution in [0, 0.1) is 21.7 Å². The molecular weight excluding hydrogens is 841 g/mol. The summed E-state index contributed by atoms with van der Waals surface area (Å²) in [6.45, 7) is 13.3. The molecule has 1 saturated heterocycles. The van der Waals surface area contributed by atoms with Gasteiger partial charge in [-0.3, -0.25) is 28.8 Å². The normalized spacial score (nSPS) is 17.3. The summed E-state index contributed by atoms with van der Waals surface area (Å²) >= 11 is 0. The number of benzene rings is 4. The lowest BCUT2D eigenvalue weighted by molar-refractivity contribution is -0.282. The standard InChI is InChI=1S/C54H60O12/c1-9-53(7,49(59)64-42-29-25-40(26-30-42)44(56)32-22-38-19-15-12-16-20-38)36-52(5,6)48(58)65-45-33-62-46(34-61-45)66-50(60)54(8,10-2)35-51(3,4)47(57)63-41-27-23-39(24-28-41)43(55)31-21-37-17-13-11-14-18-37/h11-32,45-46H,9-10,33-36H2,1-8H3. The number of carbonyl (C=O) groups excluding carboxylic acids is 6. The summed E-state index contributed by atoms with van der Waals surface area (Å²) in [5.41, 5.74) is -1.81. The molecule has 0 saturated carbocycles. The van der Waals surface area contributed by atoms with Crippen molar-refractivity contribution in [2.24, 2.45) is 21.7 Å². The zero-order valence-corrected chi connectivity index (χ0v) is 39.0. The number of hydrogen-bond donors (Lipinski definition) is 0. The van der Waals surface area contributed by atoms with Crippen molar-refractivity contribution in [1.29, 1.82) is 0 Å². The molecule has 0 amide bonds. The van der Waals surface area contributed by atoms with Crippen LogP contribution in [0.15, 0.2) is 121 Å². The number of rotatable bonds is 20. The highest BCUT2D eigenvalue weighted by Crippen LogP contribution is 2.41. The zero-order chi connectivity index (χ0) is 48.1. The van der Waals surface area contributed by atoms with Crippen LogP contribution in [0.1, 0.15) is 113 Å². The molecule has 0 bridgehead atoms. The first-order valence-electron chi connectivity index (χ1n) is 22.1. The Hall–Kier alpha value is -6.50. The minimum Gasteiger partial charge on any atom is -0.433 e. The number of allylic oxidation sites excluding steroid dienone is 2. The summed E-state index contributed by atoms with van der Waals surface area (Å²) in [7, 11) is 0. The topological polar surface area (TPSA) is 158 Å². The van der Waals surface area contributed by atoms with E-state index in [2.05, 4.69) is 0 Å². The Morgan fingerprint density at radius 3 is 1.26 bits per heavy atom. The van der Waals surface area contributed by atoms with Crippen LogP contribution < -0.4 is 9.47 Å². The third kappa shape index (κ3) is 13.8. The maximum atomic E-state index is 13.6. The Balaban J connectivity index is 1.07. The van der Waals surface area contributed by atoms with Gasteiger partial charge in [-0.1, -0.05) is 86.7 Å². The Morgan fingerprint density at radius 2 is 0.864 bits per heavy atom. The number of ketones is 2. The maximum absolute atomic E-state index is 13.6. The first-order chi connectivity index (χ1) is 31.3. The third-order valence-electron chi connectivity index (χ3n) is 11.8. The monoisotopic (exact) mass is 900 g/mol. The molecule has 1 aliphatic rings. The highest BCUT2D eigenvalue weighted by molar-refractivity contribution is 6.07. The number of esters is 4. The Morgan fingerprint density at radius 1 is 0.500 bits per heavy atom. The molecule has 0 N–H and O–H groups in total. The van der Waals surface area contributed by atoms with Gasteiger partial charge in [0.15, 0.2) is 11.6 Å². The Labute approximate surface area is 387 Å². The van der Waals surface area contributed by atoms with E-state index in [0.717, 1.165) is 11.1 Å². The smallest absolute Gasteiger partial charge is 0.317 e. The molecule has 0 aromatic heterocycles. The molecule has 12 heteroatoms. The summed E-state index contributed by atoms with van der Waals surface area (Å²) in [6.07, 6.45) is 5.11. The van der Waals surface area contributed by atoms with Gasteiger partial charge >= 0.3 is 23.9 Å². The molecule has 0 aliphatic carbocycles. The first kappa shape index (κ1) is 50.5. The maximum Gasteiger partial charge on any atom is 0.317 e. The zero-order valence-electron chi connectivity index (χ0n) is 39.0. The molecule has 1 heterocycles. The van der Waals surface area contributed by atoms with Crippen molar-refractivity contribution >= 4 is 47.6 Å². The van der Waals surface area contributed by atoms with Gasteiger partial charge in [0.25, 0.3) is 0 Å². The van der Waals surface area contributed by atoms with Crippen molar-refractivity contribution in [1.82, 2.24) is 0 Å². The van der Waals surface area contributed by atoms with Crippen LogP contribution >= 0.6 is 0 Å². The minimum absolute atomic E-state index is 0.0861. The molecule has 0 radical (unpaired) electrons. The van der Waals surface area contributed by atoms with E-state index in [1.165, 1.54) is 12.2 Å². The van der Waals surface area contributed by atoms with Crippen LogP contribution in [-0.4, -0.2) is 61.2 Å². The second kappa shape index (κ2) is 22.1. The fourth-order valence-electron chi connectivity index (χ4n) is 7.44. The second-order valence-electron chi connectivity index (χ2n) is 18.3. The molecule has 4 aromatic rings. The summed E-state index contributed by atoms with van der Waals surface area (Å²) in [6, 6.07) is 31.5. The van der Waals surface area contributed by atoms with Crippen LogP contribution in [0.2, 0.25) is 0 Å². The lowest BCUT2D eigenvalue weighted by Gasteiger charge is -2.37. The van der Waals surface area contributed by atoms with Crippen molar-refractivity contribution in [3.63, 3.8) is 0 Å². The van der Waals surface area contributed by atoms with E-state index in [-0.39, 0.29) is 49.1 Å². The summed E-state index contributed by atoms with van der Waals surface area (Å²) < 4.78 is 34.3. The van der Waals surface area contributed by atoms with Gasteiger partial charge in [-0.2, -0.15) is 0 Å². The lowest BCUT2D eigenvalue weighted by atomic mass is 9.72. The van der Waals surface area contributed by atoms with Crippen molar-refractivity contribution < 1.29 is 57.2 Å². The van der Waals surface area contributed by atoms with Gasteiger partial charge in [-0.05, 0) is 139 Å². The van der Waals surface area contributed by atoms with E-state index in [9.17, 15) is 28.8 Å². The first-order valence-corrected chi connectivity index (χ1v) is 22.1. The Kier molecular flexibility index (Phi) is 16.9. The van der Waals surface area contributed by atoms with Crippen LogP contribution in [0.25, 0.3) is 12.2 Å². The minimum atomic E-state index is -1.16. The second-order valence-corrected chi connectivity index (χ2v) is 18.3. The molecule has 4 unspecified atom stereocenters. The van der Waals surface area contributed by atoms with Gasteiger partial charge in [-0.15, -0.1) is 0 Å². The van der Waals surface area contributed by atoms with Crippen LogP contribution in [0.5, 0.6) is 11.5 Å². The molecule has 348 valence electrons. The molecule has 1 aliphatic heterocycles. The number of hydrogen-bond acceptors (Lipinski definition) is 12. The van der Waals surface area contributed by atoms with Gasteiger partial charge in [0.05, 0.1) is 21.7 Å². The third-order valence-corrected chi connectivity index (χ3v) is 11.8. The van der Waals surface area contributed by atoms with Gasteiger partial charge in [0.1, 0.15) is 24.7 Å². The quantitative estimate of drug-likeness (QED) is 0.0358. The predicted octanol–water partition coefficient (Wildman–Crippen LogP) is 10.4. The SMILES string of the molecule is CCC(C)(CC(C)(C)C(=O)OC1COC(OC(=O)C(C)(CC)CC(C)(C)C(=O)Oc2ccc(C(=O)C=Cc3ccccc3)cc2)CO1)C(=O)Oc1ccc(C(=O)C=Cc2ccccc2)cc1. The molecule has 66 heavy (non-hydrogen) atoms. The highest BCUT2D eigenvalue weighted by atomic mass is 16.8. The summed E-state index contributed by atoms with van der Waals surface area (Å²) in [5.74, 6) is -2.20. The number of ether oxygens (including phenoxy) is 6. The van der Waals surface area contributed by atoms with E-state index < -0.39 is 58.1 Å². The average Bonchev–Trinajstić information content (AvgIpc) is 3.31. The largest absolute Gasteiger partial charge is 0.433 e. The van der Waals surface area contributed by atoms with Crippen molar-refractivity contribution in [2.75, 3.05) is 13.2 Å². The molecule has 1 fully saturated rings. The van der Waals surface area contributed by atoms with Crippen molar-refractivity contribution in [2.45, 2.75) is 93.7 Å². The van der Waals surface area contributed by atoms with E-state index in [0.29, 0.717) is 24.0 Å². The number of carbonyl (C=O) groups is 6. The van der Waals surface area contributed by atoms with E-state index in [4.69, 9.17) is 28.4 Å².